The quantitative estimate of drug-likeness (QED) is 0.207. The first-order chi connectivity index (χ1) is 19.4. The summed E-state index contributed by atoms with van der Waals surface area (Å²) in [7, 11) is 0. The molecule has 0 radical (unpaired) electrons. The monoisotopic (exact) mass is 532 g/mol. The van der Waals surface area contributed by atoms with E-state index in [-0.39, 0.29) is 11.6 Å². The molecule has 40 heavy (non-hydrogen) atoms. The minimum absolute atomic E-state index is 0.00105. The predicted octanol–water partition coefficient (Wildman–Crippen LogP) is 6.41. The molecule has 0 aliphatic carbocycles. The Hall–Kier alpha value is -5.22. The lowest BCUT2D eigenvalue weighted by Gasteiger charge is -2.27. The van der Waals surface area contributed by atoms with E-state index in [9.17, 15) is 10.1 Å². The van der Waals surface area contributed by atoms with Crippen LogP contribution in [-0.2, 0) is 6.61 Å². The summed E-state index contributed by atoms with van der Waals surface area (Å²) in [6, 6.07) is 29.8. The van der Waals surface area contributed by atoms with Crippen LogP contribution in [0.3, 0.4) is 0 Å². The van der Waals surface area contributed by atoms with Crippen LogP contribution < -0.4 is 24.7 Å². The van der Waals surface area contributed by atoms with E-state index in [2.05, 4.69) is 6.07 Å². The number of esters is 1. The van der Waals surface area contributed by atoms with E-state index < -0.39 is 11.9 Å². The van der Waals surface area contributed by atoms with Gasteiger partial charge in [-0.15, -0.1) is 0 Å². The van der Waals surface area contributed by atoms with Crippen LogP contribution in [0.1, 0.15) is 45.5 Å². The van der Waals surface area contributed by atoms with E-state index in [1.165, 1.54) is 5.56 Å². The van der Waals surface area contributed by atoms with Gasteiger partial charge in [0.25, 0.3) is 0 Å². The van der Waals surface area contributed by atoms with Gasteiger partial charge in [0.05, 0.1) is 18.1 Å². The highest BCUT2D eigenvalue weighted by molar-refractivity contribution is 5.91. The number of rotatable bonds is 8. The van der Waals surface area contributed by atoms with Crippen LogP contribution >= 0.6 is 0 Å². The highest BCUT2D eigenvalue weighted by Gasteiger charge is 2.31. The van der Waals surface area contributed by atoms with Crippen molar-refractivity contribution in [1.82, 2.24) is 0 Å². The van der Waals surface area contributed by atoms with Crippen molar-refractivity contribution < 1.29 is 23.7 Å². The molecule has 1 unspecified atom stereocenters. The standard InChI is InChI=1S/C33H28N2O5/c1-3-37-25-8-5-7-24(17-25)33(36)39-27-14-15-28-30(18-27)40-32(35)29(19-34)31(28)23-6-4-9-26(16-23)38-20-22-12-10-21(2)11-13-22/h4-18,31H,3,20,35H2,1-2H3. The molecule has 1 aliphatic heterocycles. The third-order valence-electron chi connectivity index (χ3n) is 6.50. The number of allylic oxidation sites excluding steroid dienone is 1. The van der Waals surface area contributed by atoms with Crippen molar-refractivity contribution in [2.24, 2.45) is 5.73 Å². The Morgan fingerprint density at radius 3 is 2.42 bits per heavy atom. The molecule has 1 aliphatic rings. The summed E-state index contributed by atoms with van der Waals surface area (Å²) >= 11 is 0. The topological polar surface area (TPSA) is 104 Å². The highest BCUT2D eigenvalue weighted by Crippen LogP contribution is 2.44. The molecule has 0 aromatic heterocycles. The van der Waals surface area contributed by atoms with Crippen LogP contribution in [0.4, 0.5) is 0 Å². The lowest BCUT2D eigenvalue weighted by atomic mass is 9.83. The van der Waals surface area contributed by atoms with E-state index >= 15 is 0 Å². The van der Waals surface area contributed by atoms with E-state index in [1.54, 1.807) is 42.5 Å². The molecule has 1 atom stereocenters. The molecule has 0 saturated carbocycles. The number of hydrogen-bond donors (Lipinski definition) is 1. The zero-order valence-electron chi connectivity index (χ0n) is 22.2. The summed E-state index contributed by atoms with van der Waals surface area (Å²) in [5.74, 6) is 0.924. The molecule has 5 rings (SSSR count). The zero-order valence-corrected chi connectivity index (χ0v) is 22.2. The minimum Gasteiger partial charge on any atom is -0.494 e. The lowest BCUT2D eigenvalue weighted by molar-refractivity contribution is 0.0734. The zero-order chi connectivity index (χ0) is 28.1. The maximum Gasteiger partial charge on any atom is 0.343 e. The molecule has 2 N–H and O–H groups in total. The Morgan fingerprint density at radius 1 is 0.925 bits per heavy atom. The van der Waals surface area contributed by atoms with Gasteiger partial charge < -0.3 is 24.7 Å². The second-order valence-corrected chi connectivity index (χ2v) is 9.32. The number of fused-ring (bicyclic) bond motifs is 1. The summed E-state index contributed by atoms with van der Waals surface area (Å²) in [6.07, 6.45) is 0. The SMILES string of the molecule is CCOc1cccc(C(=O)Oc2ccc3c(c2)OC(N)=C(C#N)C3c2cccc(OCc3ccc(C)cc3)c2)c1. The largest absolute Gasteiger partial charge is 0.494 e. The second kappa shape index (κ2) is 11.7. The molecule has 1 heterocycles. The van der Waals surface area contributed by atoms with Crippen molar-refractivity contribution in [3.05, 3.63) is 130 Å². The second-order valence-electron chi connectivity index (χ2n) is 9.32. The molecule has 4 aromatic rings. The summed E-state index contributed by atoms with van der Waals surface area (Å²) in [5.41, 5.74) is 10.6. The van der Waals surface area contributed by atoms with Gasteiger partial charge in [-0.1, -0.05) is 54.1 Å². The number of nitrogens with zero attached hydrogens (tertiary/aromatic N) is 1. The van der Waals surface area contributed by atoms with Gasteiger partial charge in [-0.3, -0.25) is 0 Å². The van der Waals surface area contributed by atoms with Crippen LogP contribution in [0.5, 0.6) is 23.0 Å². The minimum atomic E-state index is -0.534. The van der Waals surface area contributed by atoms with Gasteiger partial charge in [-0.05, 0) is 61.4 Å². The summed E-state index contributed by atoms with van der Waals surface area (Å²) in [6.45, 7) is 4.82. The maximum absolute atomic E-state index is 12.8. The van der Waals surface area contributed by atoms with Crippen LogP contribution in [0.15, 0.2) is 102 Å². The molecule has 0 bridgehead atoms. The first-order valence-electron chi connectivity index (χ1n) is 12.9. The molecule has 7 nitrogen and oxygen atoms in total. The predicted molar refractivity (Wildman–Crippen MR) is 150 cm³/mol. The third-order valence-corrected chi connectivity index (χ3v) is 6.50. The average Bonchev–Trinajstić information content (AvgIpc) is 2.96. The molecule has 0 saturated heterocycles. The van der Waals surface area contributed by atoms with Crippen LogP contribution in [0, 0.1) is 18.3 Å². The van der Waals surface area contributed by atoms with Gasteiger partial charge in [-0.2, -0.15) is 5.26 Å². The summed E-state index contributed by atoms with van der Waals surface area (Å²) < 4.78 is 22.9. The van der Waals surface area contributed by atoms with Gasteiger partial charge in [0.1, 0.15) is 41.2 Å². The van der Waals surface area contributed by atoms with E-state index in [4.69, 9.17) is 24.7 Å². The van der Waals surface area contributed by atoms with Gasteiger partial charge in [-0.25, -0.2) is 4.79 Å². The smallest absolute Gasteiger partial charge is 0.343 e. The average molecular weight is 533 g/mol. The number of nitriles is 1. The van der Waals surface area contributed by atoms with Crippen molar-refractivity contribution in [1.29, 1.82) is 5.26 Å². The van der Waals surface area contributed by atoms with Gasteiger partial charge in [0, 0.05) is 11.6 Å². The molecule has 4 aromatic carbocycles. The van der Waals surface area contributed by atoms with E-state index in [0.29, 0.717) is 41.6 Å². The fraction of sp³-hybridized carbons (Fsp3) is 0.152. The number of nitrogens with two attached hydrogens (primary N) is 1. The normalized spacial score (nSPS) is 14.0. The molecule has 0 spiro atoms. The third kappa shape index (κ3) is 5.77. The Morgan fingerprint density at radius 2 is 1.68 bits per heavy atom. The molecular weight excluding hydrogens is 504 g/mol. The number of carbonyl (C=O) groups excluding carboxylic acids is 1. The van der Waals surface area contributed by atoms with Gasteiger partial charge >= 0.3 is 5.97 Å². The Kier molecular flexibility index (Phi) is 7.70. The van der Waals surface area contributed by atoms with Crippen LogP contribution in [-0.4, -0.2) is 12.6 Å². The highest BCUT2D eigenvalue weighted by atomic mass is 16.5. The maximum atomic E-state index is 12.8. The van der Waals surface area contributed by atoms with Crippen molar-refractivity contribution in [3.63, 3.8) is 0 Å². The Balaban J connectivity index is 1.40. The number of aryl methyl sites for hydroxylation is 1. The molecule has 7 heteroatoms. The fourth-order valence-electron chi connectivity index (χ4n) is 4.52. The summed E-state index contributed by atoms with van der Waals surface area (Å²) in [5, 5.41) is 9.94. The van der Waals surface area contributed by atoms with E-state index in [1.807, 2.05) is 62.4 Å². The number of hydrogen-bond acceptors (Lipinski definition) is 7. The van der Waals surface area contributed by atoms with Crippen LogP contribution in [0.25, 0.3) is 0 Å². The lowest BCUT2D eigenvalue weighted by Crippen LogP contribution is -2.21. The van der Waals surface area contributed by atoms with Gasteiger partial charge in [0.15, 0.2) is 0 Å². The molecule has 0 amide bonds. The van der Waals surface area contributed by atoms with Crippen LogP contribution in [0.2, 0.25) is 0 Å². The van der Waals surface area contributed by atoms with Crippen molar-refractivity contribution in [2.75, 3.05) is 6.61 Å². The number of ether oxygens (including phenoxy) is 4. The number of benzene rings is 4. The summed E-state index contributed by atoms with van der Waals surface area (Å²) in [4.78, 5) is 12.8. The fourth-order valence-corrected chi connectivity index (χ4v) is 4.52. The Bertz CT molecular complexity index is 1620. The first kappa shape index (κ1) is 26.4. The molecule has 200 valence electrons. The van der Waals surface area contributed by atoms with E-state index in [0.717, 1.165) is 16.7 Å². The number of carbonyl (C=O) groups is 1. The van der Waals surface area contributed by atoms with Crippen molar-refractivity contribution in [2.45, 2.75) is 26.4 Å². The van der Waals surface area contributed by atoms with Crippen molar-refractivity contribution >= 4 is 5.97 Å². The Labute approximate surface area is 233 Å². The van der Waals surface area contributed by atoms with Gasteiger partial charge in [0.2, 0.25) is 5.88 Å². The molecule has 0 fully saturated rings. The first-order valence-corrected chi connectivity index (χ1v) is 12.9. The van der Waals surface area contributed by atoms with Crippen molar-refractivity contribution in [3.8, 4) is 29.1 Å². The molecular formula is C33H28N2O5.